The van der Waals surface area contributed by atoms with E-state index in [4.69, 9.17) is 10.8 Å². The number of nitrogens with two attached hydrogens (primary N) is 1. The topological polar surface area (TPSA) is 121 Å². The molecule has 0 bridgehead atoms. The van der Waals surface area contributed by atoms with Crippen molar-refractivity contribution in [2.24, 2.45) is 23.5 Å². The van der Waals surface area contributed by atoms with Gasteiger partial charge in [-0.2, -0.15) is 0 Å². The SMILES string of the molecule is NC1(C(=O)O)C(Sc2ccc(F)c(F)c2)C(O)C2C(C(=O)O)C21. The fourth-order valence-electron chi connectivity index (χ4n) is 3.50. The average molecular weight is 345 g/mol. The molecule has 0 amide bonds. The first-order valence-corrected chi connectivity index (χ1v) is 7.62. The summed E-state index contributed by atoms with van der Waals surface area (Å²) in [4.78, 5) is 22.9. The lowest BCUT2D eigenvalue weighted by atomic mass is 9.90. The van der Waals surface area contributed by atoms with Crippen LogP contribution in [0.2, 0.25) is 0 Å². The van der Waals surface area contributed by atoms with Crippen LogP contribution in [-0.4, -0.2) is 44.2 Å². The zero-order valence-corrected chi connectivity index (χ0v) is 12.3. The van der Waals surface area contributed by atoms with E-state index >= 15 is 0 Å². The highest BCUT2D eigenvalue weighted by atomic mass is 32.2. The standard InChI is InChI=1S/C14H13F2NO5S/c15-5-2-1-4(3-6(5)16)23-11-10(18)7-8(12(19)20)9(7)14(11,17)13(21)22/h1-3,7-11,18H,17H2,(H,19,20)(H,21,22). The smallest absolute Gasteiger partial charge is 0.325 e. The number of hydrogen-bond acceptors (Lipinski definition) is 5. The molecule has 2 saturated carbocycles. The molecular weight excluding hydrogens is 332 g/mol. The summed E-state index contributed by atoms with van der Waals surface area (Å²) in [7, 11) is 0. The number of benzene rings is 1. The number of thioether (sulfide) groups is 1. The first kappa shape index (κ1) is 16.2. The second-order valence-corrected chi connectivity index (χ2v) is 7.03. The molecule has 0 heterocycles. The van der Waals surface area contributed by atoms with E-state index in [-0.39, 0.29) is 4.90 Å². The Labute approximate surface area is 133 Å². The van der Waals surface area contributed by atoms with Crippen molar-refractivity contribution in [3.05, 3.63) is 29.8 Å². The maximum atomic E-state index is 13.3. The first-order chi connectivity index (χ1) is 10.7. The van der Waals surface area contributed by atoms with Crippen molar-refractivity contribution in [1.82, 2.24) is 0 Å². The van der Waals surface area contributed by atoms with Crippen molar-refractivity contribution >= 4 is 23.7 Å². The zero-order valence-electron chi connectivity index (χ0n) is 11.5. The van der Waals surface area contributed by atoms with Gasteiger partial charge in [-0.25, -0.2) is 8.78 Å². The van der Waals surface area contributed by atoms with Crippen LogP contribution in [0.15, 0.2) is 23.1 Å². The number of aliphatic hydroxyl groups excluding tert-OH is 1. The van der Waals surface area contributed by atoms with Crippen molar-refractivity contribution < 1.29 is 33.7 Å². The number of carboxylic acid groups (broad SMARTS) is 2. The van der Waals surface area contributed by atoms with Gasteiger partial charge in [-0.1, -0.05) is 0 Å². The molecule has 9 heteroatoms. The molecule has 0 aliphatic heterocycles. The summed E-state index contributed by atoms with van der Waals surface area (Å²) >= 11 is 0.810. The van der Waals surface area contributed by atoms with Crippen molar-refractivity contribution in [1.29, 1.82) is 0 Å². The van der Waals surface area contributed by atoms with Gasteiger partial charge in [0, 0.05) is 16.7 Å². The van der Waals surface area contributed by atoms with E-state index in [1.807, 2.05) is 0 Å². The molecule has 6 unspecified atom stereocenters. The summed E-state index contributed by atoms with van der Waals surface area (Å²) in [6.07, 6.45) is -1.26. The van der Waals surface area contributed by atoms with Crippen LogP contribution in [0.3, 0.4) is 0 Å². The molecule has 6 atom stereocenters. The van der Waals surface area contributed by atoms with Gasteiger partial charge in [-0.15, -0.1) is 11.8 Å². The Kier molecular flexibility index (Phi) is 3.62. The molecule has 0 spiro atoms. The summed E-state index contributed by atoms with van der Waals surface area (Å²) in [6, 6.07) is 3.02. The lowest BCUT2D eigenvalue weighted by molar-refractivity contribution is -0.145. The quantitative estimate of drug-likeness (QED) is 0.628. The van der Waals surface area contributed by atoms with Crippen LogP contribution < -0.4 is 5.73 Å². The van der Waals surface area contributed by atoms with Gasteiger partial charge in [0.2, 0.25) is 0 Å². The number of fused-ring (bicyclic) bond motifs is 1. The molecule has 1 aromatic carbocycles. The third kappa shape index (κ3) is 2.22. The lowest BCUT2D eigenvalue weighted by Crippen LogP contribution is -2.59. The minimum absolute atomic E-state index is 0.206. The molecule has 0 saturated heterocycles. The van der Waals surface area contributed by atoms with E-state index in [0.717, 1.165) is 23.9 Å². The van der Waals surface area contributed by atoms with E-state index in [2.05, 4.69) is 0 Å². The number of carboxylic acids is 2. The predicted octanol–water partition coefficient (Wildman–Crippen LogP) is 0.529. The van der Waals surface area contributed by atoms with Crippen LogP contribution >= 0.6 is 11.8 Å². The number of aliphatic hydroxyl groups is 1. The van der Waals surface area contributed by atoms with E-state index in [1.54, 1.807) is 0 Å². The normalized spacial score (nSPS) is 38.2. The Morgan fingerprint density at radius 1 is 1.22 bits per heavy atom. The van der Waals surface area contributed by atoms with Gasteiger partial charge in [0.05, 0.1) is 17.3 Å². The Balaban J connectivity index is 1.91. The number of carbonyl (C=O) groups is 2. The molecule has 2 fully saturated rings. The summed E-state index contributed by atoms with van der Waals surface area (Å²) in [5, 5.41) is 27.8. The third-order valence-corrected chi connectivity index (χ3v) is 6.06. The Bertz CT molecular complexity index is 702. The summed E-state index contributed by atoms with van der Waals surface area (Å²) in [5.41, 5.74) is 4.00. The molecule has 2 aliphatic carbocycles. The zero-order chi connectivity index (χ0) is 17.1. The monoisotopic (exact) mass is 345 g/mol. The molecule has 3 rings (SSSR count). The van der Waals surface area contributed by atoms with Gasteiger partial charge >= 0.3 is 11.9 Å². The minimum atomic E-state index is -1.96. The predicted molar refractivity (Wildman–Crippen MR) is 74.7 cm³/mol. The van der Waals surface area contributed by atoms with Gasteiger partial charge in [0.15, 0.2) is 11.6 Å². The van der Waals surface area contributed by atoms with Gasteiger partial charge in [0.25, 0.3) is 0 Å². The summed E-state index contributed by atoms with van der Waals surface area (Å²) < 4.78 is 26.2. The fraction of sp³-hybridized carbons (Fsp3) is 0.429. The van der Waals surface area contributed by atoms with Crippen LogP contribution in [0, 0.1) is 29.4 Å². The van der Waals surface area contributed by atoms with E-state index in [0.29, 0.717) is 0 Å². The average Bonchev–Trinajstić information content (AvgIpc) is 3.18. The Morgan fingerprint density at radius 2 is 1.87 bits per heavy atom. The maximum absolute atomic E-state index is 13.3. The number of aliphatic carboxylic acids is 2. The highest BCUT2D eigenvalue weighted by molar-refractivity contribution is 8.00. The van der Waals surface area contributed by atoms with E-state index < -0.39 is 58.2 Å². The van der Waals surface area contributed by atoms with Gasteiger partial charge in [-0.05, 0) is 18.2 Å². The second-order valence-electron chi connectivity index (χ2n) is 5.81. The largest absolute Gasteiger partial charge is 0.481 e. The van der Waals surface area contributed by atoms with Gasteiger partial charge < -0.3 is 21.1 Å². The Morgan fingerprint density at radius 3 is 2.39 bits per heavy atom. The first-order valence-electron chi connectivity index (χ1n) is 6.74. The number of halogens is 2. The molecule has 6 nitrogen and oxygen atoms in total. The minimum Gasteiger partial charge on any atom is -0.481 e. The summed E-state index contributed by atoms with van der Waals surface area (Å²) in [6.45, 7) is 0. The Hall–Kier alpha value is -1.71. The highest BCUT2D eigenvalue weighted by Crippen LogP contribution is 2.64. The van der Waals surface area contributed by atoms with Crippen LogP contribution in [0.5, 0.6) is 0 Å². The van der Waals surface area contributed by atoms with Crippen LogP contribution in [0.4, 0.5) is 8.78 Å². The van der Waals surface area contributed by atoms with Crippen LogP contribution in [0.1, 0.15) is 0 Å². The third-order valence-electron chi connectivity index (χ3n) is 4.61. The molecular formula is C14H13F2NO5S. The lowest BCUT2D eigenvalue weighted by Gasteiger charge is -2.32. The second kappa shape index (κ2) is 5.15. The number of hydrogen-bond donors (Lipinski definition) is 4. The molecule has 0 aromatic heterocycles. The number of rotatable bonds is 4. The van der Waals surface area contributed by atoms with Gasteiger partial charge in [0.1, 0.15) is 5.54 Å². The van der Waals surface area contributed by atoms with E-state index in [1.165, 1.54) is 6.07 Å². The van der Waals surface area contributed by atoms with E-state index in [9.17, 15) is 28.6 Å². The highest BCUT2D eigenvalue weighted by Gasteiger charge is 2.78. The van der Waals surface area contributed by atoms with Crippen molar-refractivity contribution in [3.63, 3.8) is 0 Å². The van der Waals surface area contributed by atoms with Crippen LogP contribution in [0.25, 0.3) is 0 Å². The fourth-order valence-corrected chi connectivity index (χ4v) is 4.88. The molecule has 1 aromatic rings. The molecule has 124 valence electrons. The van der Waals surface area contributed by atoms with Crippen molar-refractivity contribution in [3.8, 4) is 0 Å². The molecule has 5 N–H and O–H groups in total. The molecule has 23 heavy (non-hydrogen) atoms. The molecule has 2 aliphatic rings. The molecule has 0 radical (unpaired) electrons. The summed E-state index contributed by atoms with van der Waals surface area (Å²) in [5.74, 6) is -7.43. The van der Waals surface area contributed by atoms with Crippen molar-refractivity contribution in [2.75, 3.05) is 0 Å². The van der Waals surface area contributed by atoms with Crippen molar-refractivity contribution in [2.45, 2.75) is 21.8 Å². The maximum Gasteiger partial charge on any atom is 0.325 e. The van der Waals surface area contributed by atoms with Crippen LogP contribution in [-0.2, 0) is 9.59 Å². The van der Waals surface area contributed by atoms with Gasteiger partial charge in [-0.3, -0.25) is 9.59 Å².